The van der Waals surface area contributed by atoms with Crippen LogP contribution in [0, 0.1) is 0 Å². The third-order valence-corrected chi connectivity index (χ3v) is 1.69. The molecule has 0 aliphatic heterocycles. The molecule has 15 heavy (non-hydrogen) atoms. The minimum Gasteiger partial charge on any atom is -0.395 e. The Morgan fingerprint density at radius 2 is 1.80 bits per heavy atom. The molecule has 0 radical (unpaired) electrons. The molecule has 0 rings (SSSR count). The van der Waals surface area contributed by atoms with Crippen LogP contribution >= 0.6 is 0 Å². The maximum Gasteiger partial charge on any atom is 0.0636 e. The smallest absolute Gasteiger partial charge is 0.0636 e. The van der Waals surface area contributed by atoms with Crippen LogP contribution in [-0.4, -0.2) is 49.1 Å². The molecule has 0 spiro atoms. The van der Waals surface area contributed by atoms with Crippen LogP contribution in [0.25, 0.3) is 0 Å². The maximum atomic E-state index is 8.62. The summed E-state index contributed by atoms with van der Waals surface area (Å²) in [5.41, 5.74) is 0. The first-order chi connectivity index (χ1) is 7.18. The largest absolute Gasteiger partial charge is 0.395 e. The van der Waals surface area contributed by atoms with Gasteiger partial charge in [0.15, 0.2) is 0 Å². The quantitative estimate of drug-likeness (QED) is 0.446. The highest BCUT2D eigenvalue weighted by Gasteiger charge is 1.88. The van der Waals surface area contributed by atoms with E-state index in [1.165, 1.54) is 12.8 Å². The molecule has 0 aromatic heterocycles. The highest BCUT2D eigenvalue weighted by atomic mass is 16.3. The monoisotopic (exact) mass is 220 g/mol. The van der Waals surface area contributed by atoms with Crippen LogP contribution in [0.15, 0.2) is 0 Å². The molecule has 0 fully saturated rings. The number of nitrogens with one attached hydrogen (secondary N) is 2. The molecule has 4 nitrogen and oxygen atoms in total. The van der Waals surface area contributed by atoms with E-state index in [9.17, 15) is 0 Å². The molecule has 1 atom stereocenters. The molecule has 0 aliphatic rings. The first kappa shape index (κ1) is 17.2. The Balaban J connectivity index is 0. The van der Waals surface area contributed by atoms with E-state index in [1.807, 2.05) is 6.92 Å². The first-order valence-electron chi connectivity index (χ1n) is 5.89. The van der Waals surface area contributed by atoms with Gasteiger partial charge in [0.1, 0.15) is 0 Å². The fraction of sp³-hybridized carbons (Fsp3) is 1.00. The molecule has 0 aromatic carbocycles. The lowest BCUT2D eigenvalue weighted by molar-refractivity contribution is 0.192. The van der Waals surface area contributed by atoms with Gasteiger partial charge < -0.3 is 20.8 Å². The predicted molar refractivity (Wildman–Crippen MR) is 65.1 cm³/mol. The maximum absolute atomic E-state index is 8.62. The minimum atomic E-state index is -0.208. The molecule has 0 aromatic rings. The second-order valence-corrected chi connectivity index (χ2v) is 3.48. The third-order valence-electron chi connectivity index (χ3n) is 1.69. The average molecular weight is 220 g/mol. The summed E-state index contributed by atoms with van der Waals surface area (Å²) in [4.78, 5) is 0. The molecule has 0 bridgehead atoms. The molecule has 4 heteroatoms. The van der Waals surface area contributed by atoms with E-state index < -0.39 is 0 Å². The Hall–Kier alpha value is -0.160. The van der Waals surface area contributed by atoms with E-state index in [2.05, 4.69) is 17.6 Å². The van der Waals surface area contributed by atoms with Crippen LogP contribution in [0.4, 0.5) is 0 Å². The van der Waals surface area contributed by atoms with Crippen molar-refractivity contribution in [1.82, 2.24) is 10.6 Å². The number of likely N-dealkylation sites (N-methyl/N-ethyl adjacent to an activating group) is 1. The van der Waals surface area contributed by atoms with E-state index in [4.69, 9.17) is 10.2 Å². The van der Waals surface area contributed by atoms with Crippen molar-refractivity contribution in [2.45, 2.75) is 39.7 Å². The van der Waals surface area contributed by atoms with Crippen LogP contribution in [0.5, 0.6) is 0 Å². The second kappa shape index (κ2) is 16.3. The van der Waals surface area contributed by atoms with Gasteiger partial charge in [-0.3, -0.25) is 0 Å². The lowest BCUT2D eigenvalue weighted by atomic mass is 10.3. The lowest BCUT2D eigenvalue weighted by Crippen LogP contribution is -2.23. The van der Waals surface area contributed by atoms with Crippen LogP contribution in [-0.2, 0) is 0 Å². The van der Waals surface area contributed by atoms with Gasteiger partial charge in [-0.15, -0.1) is 0 Å². The van der Waals surface area contributed by atoms with Gasteiger partial charge in [-0.25, -0.2) is 0 Å². The van der Waals surface area contributed by atoms with Crippen molar-refractivity contribution in [1.29, 1.82) is 0 Å². The summed E-state index contributed by atoms with van der Waals surface area (Å²) in [7, 11) is 0. The van der Waals surface area contributed by atoms with Crippen molar-refractivity contribution in [2.75, 3.05) is 32.8 Å². The summed E-state index contributed by atoms with van der Waals surface area (Å²) in [5.74, 6) is 0. The first-order valence-corrected chi connectivity index (χ1v) is 5.89. The summed E-state index contributed by atoms with van der Waals surface area (Å²) in [6.45, 7) is 9.60. The van der Waals surface area contributed by atoms with Crippen LogP contribution in [0.1, 0.15) is 33.6 Å². The molecule has 0 aliphatic carbocycles. The zero-order chi connectivity index (χ0) is 11.9. The van der Waals surface area contributed by atoms with Gasteiger partial charge in [0.2, 0.25) is 0 Å². The predicted octanol–water partition coefficient (Wildman–Crippen LogP) is 0.345. The van der Waals surface area contributed by atoms with Crippen molar-refractivity contribution in [2.24, 2.45) is 0 Å². The number of aliphatic hydroxyl groups excluding tert-OH is 2. The second-order valence-electron chi connectivity index (χ2n) is 3.48. The Bertz CT molecular complexity index is 94.6. The topological polar surface area (TPSA) is 64.5 Å². The Kier molecular flexibility index (Phi) is 18.7. The van der Waals surface area contributed by atoms with Gasteiger partial charge in [-0.1, -0.05) is 20.3 Å². The molecular weight excluding hydrogens is 192 g/mol. The summed E-state index contributed by atoms with van der Waals surface area (Å²) in [6.07, 6.45) is 2.22. The lowest BCUT2D eigenvalue weighted by Gasteiger charge is -2.01. The summed E-state index contributed by atoms with van der Waals surface area (Å²) >= 11 is 0. The van der Waals surface area contributed by atoms with Crippen molar-refractivity contribution in [3.05, 3.63) is 0 Å². The summed E-state index contributed by atoms with van der Waals surface area (Å²) < 4.78 is 0. The fourth-order valence-electron chi connectivity index (χ4n) is 0.859. The highest BCUT2D eigenvalue weighted by molar-refractivity contribution is 4.48. The van der Waals surface area contributed by atoms with Crippen LogP contribution < -0.4 is 10.6 Å². The number of rotatable bonds is 8. The van der Waals surface area contributed by atoms with Crippen LogP contribution in [0.2, 0.25) is 0 Å². The molecule has 0 heterocycles. The van der Waals surface area contributed by atoms with E-state index in [1.54, 1.807) is 6.92 Å². The standard InChI is InChI=1S/C6H15NO.C5H13NO/c1-2-3-4-7-5-6-8;1-3-6-4-5(2)7/h7-8H,2-6H2,1H3;5-7H,3-4H2,1-2H3. The highest BCUT2D eigenvalue weighted by Crippen LogP contribution is 1.80. The summed E-state index contributed by atoms with van der Waals surface area (Å²) in [6, 6.07) is 0. The zero-order valence-corrected chi connectivity index (χ0v) is 10.4. The van der Waals surface area contributed by atoms with Crippen molar-refractivity contribution >= 4 is 0 Å². The van der Waals surface area contributed by atoms with E-state index in [-0.39, 0.29) is 12.7 Å². The molecule has 0 amide bonds. The van der Waals surface area contributed by atoms with Gasteiger partial charge in [-0.05, 0) is 26.4 Å². The number of unbranched alkanes of at least 4 members (excludes halogenated alkanes) is 1. The van der Waals surface area contributed by atoms with Crippen molar-refractivity contribution in [3.8, 4) is 0 Å². The normalized spacial score (nSPS) is 11.8. The zero-order valence-electron chi connectivity index (χ0n) is 10.4. The third kappa shape index (κ3) is 24.8. The molecule has 4 N–H and O–H groups in total. The molecule has 0 saturated heterocycles. The van der Waals surface area contributed by atoms with Gasteiger partial charge in [0.25, 0.3) is 0 Å². The Labute approximate surface area is 94.1 Å². The average Bonchev–Trinajstić information content (AvgIpc) is 2.22. The minimum absolute atomic E-state index is 0.208. The Morgan fingerprint density at radius 1 is 1.13 bits per heavy atom. The van der Waals surface area contributed by atoms with Gasteiger partial charge in [-0.2, -0.15) is 0 Å². The van der Waals surface area contributed by atoms with Crippen molar-refractivity contribution < 1.29 is 10.2 Å². The molecular formula is C11H28N2O2. The van der Waals surface area contributed by atoms with Gasteiger partial charge in [0.05, 0.1) is 12.7 Å². The van der Waals surface area contributed by atoms with E-state index in [0.29, 0.717) is 6.54 Å². The number of hydrogen-bond donors (Lipinski definition) is 4. The van der Waals surface area contributed by atoms with Crippen LogP contribution in [0.3, 0.4) is 0 Å². The summed E-state index contributed by atoms with van der Waals surface area (Å²) in [5, 5.41) is 23.0. The van der Waals surface area contributed by atoms with Gasteiger partial charge in [0, 0.05) is 13.1 Å². The molecule has 0 saturated carbocycles. The fourth-order valence-corrected chi connectivity index (χ4v) is 0.859. The van der Waals surface area contributed by atoms with E-state index in [0.717, 1.165) is 19.6 Å². The number of aliphatic hydroxyl groups is 2. The Morgan fingerprint density at radius 3 is 2.13 bits per heavy atom. The van der Waals surface area contributed by atoms with Gasteiger partial charge >= 0.3 is 0 Å². The molecule has 1 unspecified atom stereocenters. The van der Waals surface area contributed by atoms with E-state index >= 15 is 0 Å². The SMILES string of the molecule is CCCCNCCO.CCNCC(C)O. The van der Waals surface area contributed by atoms with Crippen molar-refractivity contribution in [3.63, 3.8) is 0 Å². The molecule has 94 valence electrons. The number of hydrogen-bond acceptors (Lipinski definition) is 4.